The summed E-state index contributed by atoms with van der Waals surface area (Å²) in [5.41, 5.74) is 15.6. The first-order valence-electron chi connectivity index (χ1n) is 11.4. The summed E-state index contributed by atoms with van der Waals surface area (Å²) in [6.45, 7) is 5.16. The number of carbonyl (C=O) groups is 2. The molecule has 0 radical (unpaired) electrons. The number of nitrogens with two attached hydrogens (primary N) is 2. The van der Waals surface area contributed by atoms with E-state index >= 15 is 0 Å². The van der Waals surface area contributed by atoms with Gasteiger partial charge >= 0.3 is 6.09 Å². The highest BCUT2D eigenvalue weighted by Gasteiger charge is 2.31. The zero-order chi connectivity index (χ0) is 24.9. The van der Waals surface area contributed by atoms with E-state index in [1.54, 1.807) is 29.2 Å². The van der Waals surface area contributed by atoms with Gasteiger partial charge in [-0.25, -0.2) is 9.78 Å². The predicted molar refractivity (Wildman–Crippen MR) is 137 cm³/mol. The van der Waals surface area contributed by atoms with E-state index in [-0.39, 0.29) is 19.1 Å². The average Bonchev–Trinajstić information content (AvgIpc) is 2.88. The molecule has 0 bridgehead atoms. The Morgan fingerprint density at radius 1 is 1.17 bits per heavy atom. The van der Waals surface area contributed by atoms with Gasteiger partial charge in [-0.15, -0.1) is 6.58 Å². The lowest BCUT2D eigenvalue weighted by Gasteiger charge is -2.38. The van der Waals surface area contributed by atoms with E-state index in [0.717, 1.165) is 16.5 Å². The Morgan fingerprint density at radius 2 is 1.94 bits per heavy atom. The molecule has 1 aliphatic rings. The minimum Gasteiger partial charge on any atom is -0.449 e. The quantitative estimate of drug-likeness (QED) is 0.399. The van der Waals surface area contributed by atoms with Crippen LogP contribution in [0.3, 0.4) is 0 Å². The Kier molecular flexibility index (Phi) is 7.65. The second kappa shape index (κ2) is 10.9. The predicted octanol–water partition coefficient (Wildman–Crippen LogP) is 3.77. The molecule has 8 nitrogen and oxygen atoms in total. The fraction of sp³-hybridized carbons (Fsp3) is 0.269. The molecule has 3 aromatic rings. The Labute approximate surface area is 209 Å². The average molecular weight is 494 g/mol. The van der Waals surface area contributed by atoms with E-state index in [2.05, 4.69) is 6.58 Å². The summed E-state index contributed by atoms with van der Waals surface area (Å²) in [5, 5.41) is 1.31. The van der Waals surface area contributed by atoms with Gasteiger partial charge in [0.05, 0.1) is 29.4 Å². The number of ether oxygens (including phenoxy) is 1. The van der Waals surface area contributed by atoms with Crippen molar-refractivity contribution in [2.45, 2.75) is 19.1 Å². The number of aromatic nitrogens is 1. The van der Waals surface area contributed by atoms with Crippen LogP contribution in [-0.2, 0) is 11.3 Å². The van der Waals surface area contributed by atoms with Crippen molar-refractivity contribution in [3.05, 3.63) is 77.3 Å². The monoisotopic (exact) mass is 493 g/mol. The fourth-order valence-electron chi connectivity index (χ4n) is 3.99. The molecule has 2 heterocycles. The number of piperazine rings is 1. The molecule has 0 unspecified atom stereocenters. The Balaban J connectivity index is 1.52. The highest BCUT2D eigenvalue weighted by molar-refractivity contribution is 6.35. The van der Waals surface area contributed by atoms with Crippen LogP contribution in [0.4, 0.5) is 4.79 Å². The Hall–Kier alpha value is -3.46. The largest absolute Gasteiger partial charge is 0.449 e. The van der Waals surface area contributed by atoms with Crippen LogP contribution in [0.25, 0.3) is 22.2 Å². The minimum atomic E-state index is -0.653. The number of rotatable bonds is 6. The van der Waals surface area contributed by atoms with Gasteiger partial charge in [0.25, 0.3) is 5.91 Å². The number of halogens is 1. The number of fused-ring (bicyclic) bond motifs is 1. The molecular weight excluding hydrogens is 466 g/mol. The van der Waals surface area contributed by atoms with Crippen molar-refractivity contribution in [3.63, 3.8) is 0 Å². The van der Waals surface area contributed by atoms with E-state index in [0.29, 0.717) is 47.9 Å². The standard InChI is InChI=1S/C26H28ClN5O3/c1-2-3-12-35-26(34)32-11-10-31(16-24(32)29)25(33)19-8-9-20-21(27)14-22(30-23(20)13-19)18-6-4-17(15-28)5-7-18/h2,4-9,13-14,24H,1,3,10-12,15-16,28-29H2/t24-/m0/s1. The zero-order valence-corrected chi connectivity index (χ0v) is 20.1. The van der Waals surface area contributed by atoms with Crippen LogP contribution < -0.4 is 11.5 Å². The van der Waals surface area contributed by atoms with Crippen LogP contribution in [0.2, 0.25) is 5.02 Å². The summed E-state index contributed by atoms with van der Waals surface area (Å²) in [6.07, 6.45) is 1.11. The number of hydrogen-bond donors (Lipinski definition) is 2. The SMILES string of the molecule is C=CCCOC(=O)N1CCN(C(=O)c2ccc3c(Cl)cc(-c4ccc(CN)cc4)nc3c2)C[C@H]1N. The van der Waals surface area contributed by atoms with Gasteiger partial charge in [0, 0.05) is 36.1 Å². The van der Waals surface area contributed by atoms with E-state index < -0.39 is 12.3 Å². The van der Waals surface area contributed by atoms with E-state index in [1.165, 1.54) is 4.90 Å². The third-order valence-corrected chi connectivity index (χ3v) is 6.29. The normalized spacial score (nSPS) is 15.8. The van der Waals surface area contributed by atoms with Gasteiger partial charge in [0.1, 0.15) is 6.17 Å². The van der Waals surface area contributed by atoms with Crippen LogP contribution in [0.15, 0.2) is 61.2 Å². The lowest BCUT2D eigenvalue weighted by molar-refractivity contribution is 0.0394. The lowest BCUT2D eigenvalue weighted by atomic mass is 10.1. The molecule has 9 heteroatoms. The van der Waals surface area contributed by atoms with Crippen molar-refractivity contribution in [2.75, 3.05) is 26.2 Å². The lowest BCUT2D eigenvalue weighted by Crippen LogP contribution is -2.60. The van der Waals surface area contributed by atoms with Crippen LogP contribution in [0.5, 0.6) is 0 Å². The van der Waals surface area contributed by atoms with Gasteiger partial charge < -0.3 is 21.1 Å². The summed E-state index contributed by atoms with van der Waals surface area (Å²) in [6, 6.07) is 14.9. The summed E-state index contributed by atoms with van der Waals surface area (Å²) in [7, 11) is 0. The Morgan fingerprint density at radius 3 is 2.63 bits per heavy atom. The molecular formula is C26H28ClN5O3. The van der Waals surface area contributed by atoms with Gasteiger partial charge in [-0.3, -0.25) is 9.69 Å². The van der Waals surface area contributed by atoms with Crippen molar-refractivity contribution in [2.24, 2.45) is 11.5 Å². The maximum absolute atomic E-state index is 13.2. The van der Waals surface area contributed by atoms with Crippen LogP contribution in [0.1, 0.15) is 22.3 Å². The molecule has 1 fully saturated rings. The van der Waals surface area contributed by atoms with E-state index in [4.69, 9.17) is 32.8 Å². The first kappa shape index (κ1) is 24.7. The first-order valence-corrected chi connectivity index (χ1v) is 11.8. The van der Waals surface area contributed by atoms with Gasteiger partial charge in [-0.1, -0.05) is 48.0 Å². The maximum Gasteiger partial charge on any atom is 0.411 e. The highest BCUT2D eigenvalue weighted by atomic mass is 35.5. The van der Waals surface area contributed by atoms with Crippen LogP contribution in [-0.4, -0.2) is 59.2 Å². The van der Waals surface area contributed by atoms with E-state index in [9.17, 15) is 9.59 Å². The van der Waals surface area contributed by atoms with Gasteiger partial charge in [-0.05, 0) is 30.2 Å². The summed E-state index contributed by atoms with van der Waals surface area (Å²) >= 11 is 6.53. The highest BCUT2D eigenvalue weighted by Crippen LogP contribution is 2.29. The van der Waals surface area contributed by atoms with Gasteiger partial charge in [-0.2, -0.15) is 0 Å². The van der Waals surface area contributed by atoms with Crippen molar-refractivity contribution in [1.29, 1.82) is 0 Å². The topological polar surface area (TPSA) is 115 Å². The van der Waals surface area contributed by atoms with Gasteiger partial charge in [0.15, 0.2) is 0 Å². The van der Waals surface area contributed by atoms with Crippen molar-refractivity contribution in [1.82, 2.24) is 14.8 Å². The van der Waals surface area contributed by atoms with Gasteiger partial charge in [0.2, 0.25) is 0 Å². The summed E-state index contributed by atoms with van der Waals surface area (Å²) in [4.78, 5) is 33.3. The summed E-state index contributed by atoms with van der Waals surface area (Å²) in [5.74, 6) is -0.183. The number of benzene rings is 2. The molecule has 0 saturated carbocycles. The molecule has 1 atom stereocenters. The molecule has 35 heavy (non-hydrogen) atoms. The van der Waals surface area contributed by atoms with Crippen molar-refractivity contribution >= 4 is 34.5 Å². The summed E-state index contributed by atoms with van der Waals surface area (Å²) < 4.78 is 5.20. The first-order chi connectivity index (χ1) is 16.9. The number of pyridine rings is 1. The molecule has 1 aliphatic heterocycles. The number of hydrogen-bond acceptors (Lipinski definition) is 6. The van der Waals surface area contributed by atoms with Crippen molar-refractivity contribution < 1.29 is 14.3 Å². The molecule has 4 rings (SSSR count). The zero-order valence-electron chi connectivity index (χ0n) is 19.3. The molecule has 0 spiro atoms. The maximum atomic E-state index is 13.2. The Bertz CT molecular complexity index is 1250. The van der Waals surface area contributed by atoms with Crippen LogP contribution >= 0.6 is 11.6 Å². The number of nitrogens with zero attached hydrogens (tertiary/aromatic N) is 3. The molecule has 1 saturated heterocycles. The minimum absolute atomic E-state index is 0.183. The van der Waals surface area contributed by atoms with Crippen LogP contribution in [0, 0.1) is 0 Å². The molecule has 4 N–H and O–H groups in total. The molecule has 0 aliphatic carbocycles. The molecule has 182 valence electrons. The smallest absolute Gasteiger partial charge is 0.411 e. The third kappa shape index (κ3) is 5.45. The second-order valence-corrected chi connectivity index (χ2v) is 8.73. The molecule has 2 aromatic carbocycles. The number of amides is 2. The number of carbonyl (C=O) groups excluding carboxylic acids is 2. The van der Waals surface area contributed by atoms with E-state index in [1.807, 2.05) is 30.3 Å². The van der Waals surface area contributed by atoms with Crippen molar-refractivity contribution in [3.8, 4) is 11.3 Å². The fourth-order valence-corrected chi connectivity index (χ4v) is 4.26. The molecule has 1 aromatic heterocycles. The second-order valence-electron chi connectivity index (χ2n) is 8.33. The molecule has 2 amide bonds. The third-order valence-electron chi connectivity index (χ3n) is 5.98.